The zero-order valence-electron chi connectivity index (χ0n) is 9.58. The largest absolute Gasteiger partial charge is 0.466 e. The molecule has 86 valence electrons. The molecule has 0 aliphatic carbocycles. The zero-order chi connectivity index (χ0) is 10.7. The minimum atomic E-state index is -0.0195. The monoisotopic (exact) mass is 211 g/mol. The van der Waals surface area contributed by atoms with Gasteiger partial charge in [-0.15, -0.1) is 0 Å². The highest BCUT2D eigenvalue weighted by Gasteiger charge is 2.33. The number of fused-ring (bicyclic) bond motifs is 3. The third-order valence-corrected chi connectivity index (χ3v) is 3.82. The van der Waals surface area contributed by atoms with Gasteiger partial charge in [0.05, 0.1) is 6.61 Å². The van der Waals surface area contributed by atoms with Gasteiger partial charge in [-0.3, -0.25) is 4.79 Å². The molecule has 1 atom stereocenters. The maximum Gasteiger partial charge on any atom is 0.305 e. The van der Waals surface area contributed by atoms with Crippen molar-refractivity contribution in [3.05, 3.63) is 0 Å². The predicted molar refractivity (Wildman–Crippen MR) is 58.5 cm³/mol. The van der Waals surface area contributed by atoms with Gasteiger partial charge in [0.25, 0.3) is 0 Å². The molecule has 2 bridgehead atoms. The topological polar surface area (TPSA) is 29.5 Å². The van der Waals surface area contributed by atoms with E-state index < -0.39 is 0 Å². The second-order valence-corrected chi connectivity index (χ2v) is 4.74. The van der Waals surface area contributed by atoms with Crippen molar-refractivity contribution in [2.45, 2.75) is 32.6 Å². The summed E-state index contributed by atoms with van der Waals surface area (Å²) in [5.41, 5.74) is 0. The molecule has 0 aromatic rings. The number of hydrogen-bond donors (Lipinski definition) is 0. The van der Waals surface area contributed by atoms with Crippen molar-refractivity contribution in [3.63, 3.8) is 0 Å². The minimum Gasteiger partial charge on any atom is -0.466 e. The van der Waals surface area contributed by atoms with Crippen LogP contribution < -0.4 is 0 Å². The second kappa shape index (κ2) is 4.97. The molecule has 0 amide bonds. The van der Waals surface area contributed by atoms with E-state index in [4.69, 9.17) is 4.74 Å². The van der Waals surface area contributed by atoms with Crippen molar-refractivity contribution < 1.29 is 9.53 Å². The fourth-order valence-electron chi connectivity index (χ4n) is 2.95. The number of esters is 1. The number of nitrogens with zero attached hydrogens (tertiary/aromatic N) is 1. The summed E-state index contributed by atoms with van der Waals surface area (Å²) in [6, 6.07) is 0. The molecule has 1 unspecified atom stereocenters. The summed E-state index contributed by atoms with van der Waals surface area (Å²) < 4.78 is 4.96. The van der Waals surface area contributed by atoms with E-state index in [9.17, 15) is 4.79 Å². The smallest absolute Gasteiger partial charge is 0.305 e. The van der Waals surface area contributed by atoms with E-state index in [1.807, 2.05) is 6.92 Å². The van der Waals surface area contributed by atoms with Crippen LogP contribution in [0.1, 0.15) is 32.6 Å². The molecule has 3 nitrogen and oxygen atoms in total. The molecular formula is C12H21NO2. The second-order valence-electron chi connectivity index (χ2n) is 4.74. The van der Waals surface area contributed by atoms with Crippen LogP contribution in [0.3, 0.4) is 0 Å². The summed E-state index contributed by atoms with van der Waals surface area (Å²) in [4.78, 5) is 13.8. The molecule has 0 aromatic heterocycles. The Kier molecular flexibility index (Phi) is 3.62. The maximum atomic E-state index is 11.3. The van der Waals surface area contributed by atoms with Gasteiger partial charge in [0.1, 0.15) is 0 Å². The average Bonchev–Trinajstić information content (AvgIpc) is 2.28. The summed E-state index contributed by atoms with van der Waals surface area (Å²) in [6.45, 7) is 6.15. The quantitative estimate of drug-likeness (QED) is 0.662. The summed E-state index contributed by atoms with van der Waals surface area (Å²) in [7, 11) is 0. The van der Waals surface area contributed by atoms with E-state index in [1.165, 1.54) is 32.5 Å². The fourth-order valence-corrected chi connectivity index (χ4v) is 2.95. The van der Waals surface area contributed by atoms with Gasteiger partial charge in [-0.25, -0.2) is 0 Å². The highest BCUT2D eigenvalue weighted by molar-refractivity contribution is 5.69. The van der Waals surface area contributed by atoms with Crippen molar-refractivity contribution in [3.8, 4) is 0 Å². The standard InChI is InChI=1S/C12H21NO2/c1-2-15-12(14)4-3-11-9-13-7-5-10(11)6-8-13/h10-11H,2-9H2,1H3. The van der Waals surface area contributed by atoms with Crippen molar-refractivity contribution >= 4 is 5.97 Å². The Labute approximate surface area is 91.8 Å². The first kappa shape index (κ1) is 10.9. The Balaban J connectivity index is 1.73. The lowest BCUT2D eigenvalue weighted by Gasteiger charge is -2.44. The first-order valence-electron chi connectivity index (χ1n) is 6.17. The maximum absolute atomic E-state index is 11.3. The van der Waals surface area contributed by atoms with Gasteiger partial charge in [-0.1, -0.05) is 0 Å². The van der Waals surface area contributed by atoms with Crippen LogP contribution in [0, 0.1) is 11.8 Å². The molecule has 3 heteroatoms. The highest BCUT2D eigenvalue weighted by atomic mass is 16.5. The third kappa shape index (κ3) is 2.71. The van der Waals surface area contributed by atoms with E-state index in [-0.39, 0.29) is 5.97 Å². The van der Waals surface area contributed by atoms with Gasteiger partial charge in [-0.2, -0.15) is 0 Å². The van der Waals surface area contributed by atoms with Crippen LogP contribution in [-0.4, -0.2) is 37.1 Å². The van der Waals surface area contributed by atoms with Crippen molar-refractivity contribution in [2.24, 2.45) is 11.8 Å². The SMILES string of the molecule is CCOC(=O)CCC1CN2CCC1CC2. The van der Waals surface area contributed by atoms with Crippen molar-refractivity contribution in [1.29, 1.82) is 0 Å². The molecule has 3 aliphatic heterocycles. The molecule has 3 rings (SSSR count). The van der Waals surface area contributed by atoms with Gasteiger partial charge < -0.3 is 9.64 Å². The van der Waals surface area contributed by atoms with E-state index in [2.05, 4.69) is 4.90 Å². The van der Waals surface area contributed by atoms with E-state index in [1.54, 1.807) is 0 Å². The Hall–Kier alpha value is -0.570. The molecule has 3 fully saturated rings. The lowest BCUT2D eigenvalue weighted by Crippen LogP contribution is -2.47. The lowest BCUT2D eigenvalue weighted by molar-refractivity contribution is -0.143. The summed E-state index contributed by atoms with van der Waals surface area (Å²) in [6.07, 6.45) is 4.32. The van der Waals surface area contributed by atoms with Crippen molar-refractivity contribution in [1.82, 2.24) is 4.90 Å². The number of rotatable bonds is 4. The van der Waals surface area contributed by atoms with E-state index >= 15 is 0 Å². The summed E-state index contributed by atoms with van der Waals surface area (Å²) in [5, 5.41) is 0. The fraction of sp³-hybridized carbons (Fsp3) is 0.917. The predicted octanol–water partition coefficient (Wildman–Crippen LogP) is 1.67. The number of ether oxygens (including phenoxy) is 1. The molecule has 3 saturated heterocycles. The molecule has 15 heavy (non-hydrogen) atoms. The number of hydrogen-bond acceptors (Lipinski definition) is 3. The molecule has 0 aromatic carbocycles. The van der Waals surface area contributed by atoms with Crippen LogP contribution in [0.2, 0.25) is 0 Å². The van der Waals surface area contributed by atoms with Crippen LogP contribution >= 0.6 is 0 Å². The van der Waals surface area contributed by atoms with Gasteiger partial charge in [0.15, 0.2) is 0 Å². The van der Waals surface area contributed by atoms with Crippen LogP contribution in [0.4, 0.5) is 0 Å². The lowest BCUT2D eigenvalue weighted by atomic mass is 9.77. The Morgan fingerprint density at radius 3 is 2.67 bits per heavy atom. The van der Waals surface area contributed by atoms with Gasteiger partial charge >= 0.3 is 5.97 Å². The first-order valence-corrected chi connectivity index (χ1v) is 6.17. The highest BCUT2D eigenvalue weighted by Crippen LogP contribution is 2.34. The van der Waals surface area contributed by atoms with Crippen LogP contribution in [0.5, 0.6) is 0 Å². The minimum absolute atomic E-state index is 0.0195. The van der Waals surface area contributed by atoms with Gasteiger partial charge in [-0.05, 0) is 51.1 Å². The van der Waals surface area contributed by atoms with E-state index in [0.29, 0.717) is 13.0 Å². The normalized spacial score (nSPS) is 34.1. The molecule has 0 saturated carbocycles. The van der Waals surface area contributed by atoms with Gasteiger partial charge in [0, 0.05) is 13.0 Å². The van der Waals surface area contributed by atoms with Crippen LogP contribution in [-0.2, 0) is 9.53 Å². The summed E-state index contributed by atoms with van der Waals surface area (Å²) >= 11 is 0. The van der Waals surface area contributed by atoms with Crippen molar-refractivity contribution in [2.75, 3.05) is 26.2 Å². The van der Waals surface area contributed by atoms with E-state index in [0.717, 1.165) is 18.3 Å². The number of carbonyl (C=O) groups is 1. The number of carbonyl (C=O) groups excluding carboxylic acids is 1. The molecule has 0 radical (unpaired) electrons. The third-order valence-electron chi connectivity index (χ3n) is 3.82. The van der Waals surface area contributed by atoms with Gasteiger partial charge in [0.2, 0.25) is 0 Å². The first-order chi connectivity index (χ1) is 7.29. The average molecular weight is 211 g/mol. The molecule has 0 N–H and O–H groups in total. The van der Waals surface area contributed by atoms with Crippen LogP contribution in [0.15, 0.2) is 0 Å². The van der Waals surface area contributed by atoms with Crippen LogP contribution in [0.25, 0.3) is 0 Å². The molecular weight excluding hydrogens is 190 g/mol. The molecule has 0 spiro atoms. The number of piperidine rings is 3. The zero-order valence-corrected chi connectivity index (χ0v) is 9.58. The molecule has 3 heterocycles. The molecule has 3 aliphatic rings. The summed E-state index contributed by atoms with van der Waals surface area (Å²) in [5.74, 6) is 1.61. The Morgan fingerprint density at radius 2 is 2.13 bits per heavy atom. The Bertz CT molecular complexity index is 222. The Morgan fingerprint density at radius 1 is 1.40 bits per heavy atom.